The lowest BCUT2D eigenvalue weighted by Crippen LogP contribution is -2.46. The van der Waals surface area contributed by atoms with E-state index >= 15 is 0 Å². The lowest BCUT2D eigenvalue weighted by Gasteiger charge is -2.39. The van der Waals surface area contributed by atoms with Gasteiger partial charge in [0.25, 0.3) is 11.8 Å². The highest BCUT2D eigenvalue weighted by atomic mass is 35.5. The zero-order chi connectivity index (χ0) is 21.8. The third kappa shape index (κ3) is 4.45. The van der Waals surface area contributed by atoms with Crippen LogP contribution in [0.1, 0.15) is 35.4 Å². The van der Waals surface area contributed by atoms with Crippen LogP contribution in [-0.2, 0) is 10.2 Å². The molecule has 0 unspecified atom stereocenters. The zero-order valence-electron chi connectivity index (χ0n) is 17.1. The normalized spacial score (nSPS) is 15.8. The molecular formula is C22H22ClFN4O3. The molecule has 31 heavy (non-hydrogen) atoms. The van der Waals surface area contributed by atoms with Crippen LogP contribution in [0.2, 0.25) is 5.02 Å². The van der Waals surface area contributed by atoms with Crippen LogP contribution in [0, 0.1) is 5.82 Å². The number of methoxy groups -OCH3 is 1. The van der Waals surface area contributed by atoms with E-state index in [2.05, 4.69) is 15.1 Å². The van der Waals surface area contributed by atoms with Gasteiger partial charge in [0.2, 0.25) is 0 Å². The van der Waals surface area contributed by atoms with E-state index in [0.29, 0.717) is 56.2 Å². The van der Waals surface area contributed by atoms with Gasteiger partial charge in [-0.15, -0.1) is 0 Å². The molecule has 162 valence electrons. The van der Waals surface area contributed by atoms with Gasteiger partial charge < -0.3 is 14.2 Å². The number of carbonyl (C=O) groups excluding carboxylic acids is 1. The highest BCUT2D eigenvalue weighted by Gasteiger charge is 2.41. The molecule has 2 aromatic heterocycles. The van der Waals surface area contributed by atoms with Crippen molar-refractivity contribution in [2.75, 3.05) is 26.8 Å². The Morgan fingerprint density at radius 2 is 2.13 bits per heavy atom. The SMILES string of the molecule is COCCC1(c2noc(-c3cccnc3)n2)CCN(C(=O)c2ccc(F)c(Cl)c2)CC1. The summed E-state index contributed by atoms with van der Waals surface area (Å²) in [6.07, 6.45) is 5.38. The summed E-state index contributed by atoms with van der Waals surface area (Å²) in [5.41, 5.74) is 0.759. The molecule has 0 radical (unpaired) electrons. The van der Waals surface area contributed by atoms with E-state index in [1.54, 1.807) is 24.4 Å². The van der Waals surface area contributed by atoms with Crippen LogP contribution in [0.3, 0.4) is 0 Å². The molecule has 4 rings (SSSR count). The number of aromatic nitrogens is 3. The summed E-state index contributed by atoms with van der Waals surface area (Å²) in [4.78, 5) is 23.4. The minimum absolute atomic E-state index is 0.0629. The molecule has 1 amide bonds. The molecule has 9 heteroatoms. The number of likely N-dealkylation sites (tertiary alicyclic amines) is 1. The van der Waals surface area contributed by atoms with Crippen molar-refractivity contribution in [3.8, 4) is 11.5 Å². The lowest BCUT2D eigenvalue weighted by molar-refractivity contribution is 0.0616. The molecule has 1 fully saturated rings. The molecule has 0 saturated carbocycles. The molecule has 0 aliphatic carbocycles. The van der Waals surface area contributed by atoms with Gasteiger partial charge in [0.1, 0.15) is 5.82 Å². The Morgan fingerprint density at radius 1 is 1.32 bits per heavy atom. The maximum Gasteiger partial charge on any atom is 0.259 e. The van der Waals surface area contributed by atoms with E-state index in [9.17, 15) is 9.18 Å². The topological polar surface area (TPSA) is 81.3 Å². The first-order chi connectivity index (χ1) is 15.0. The van der Waals surface area contributed by atoms with E-state index < -0.39 is 5.82 Å². The van der Waals surface area contributed by atoms with Gasteiger partial charge in [0.05, 0.1) is 10.6 Å². The molecule has 0 atom stereocenters. The fraction of sp³-hybridized carbons (Fsp3) is 0.364. The third-order valence-electron chi connectivity index (χ3n) is 5.77. The van der Waals surface area contributed by atoms with E-state index in [0.717, 1.165) is 5.56 Å². The maximum atomic E-state index is 13.4. The highest BCUT2D eigenvalue weighted by molar-refractivity contribution is 6.31. The Balaban J connectivity index is 1.53. The summed E-state index contributed by atoms with van der Waals surface area (Å²) >= 11 is 5.84. The van der Waals surface area contributed by atoms with Crippen LogP contribution in [-0.4, -0.2) is 52.7 Å². The van der Waals surface area contributed by atoms with Crippen LogP contribution in [0.5, 0.6) is 0 Å². The standard InChI is InChI=1S/C22H22ClFN4O3/c1-30-12-8-22(21-26-19(31-27-21)16-3-2-9-25-14-16)6-10-28(11-7-22)20(29)15-4-5-18(24)17(23)13-15/h2-5,9,13-14H,6-8,10-12H2,1H3. The van der Waals surface area contributed by atoms with E-state index in [-0.39, 0.29) is 16.3 Å². The van der Waals surface area contributed by atoms with Crippen molar-refractivity contribution in [2.24, 2.45) is 0 Å². The largest absolute Gasteiger partial charge is 0.385 e. The number of ether oxygens (including phenoxy) is 1. The molecule has 0 bridgehead atoms. The van der Waals surface area contributed by atoms with Crippen molar-refractivity contribution < 1.29 is 18.4 Å². The fourth-order valence-corrected chi connectivity index (χ4v) is 4.06. The average Bonchev–Trinajstić information content (AvgIpc) is 3.31. The molecule has 0 spiro atoms. The second kappa shape index (κ2) is 9.11. The van der Waals surface area contributed by atoms with Crippen LogP contribution in [0.4, 0.5) is 4.39 Å². The number of hydrogen-bond acceptors (Lipinski definition) is 6. The summed E-state index contributed by atoms with van der Waals surface area (Å²) in [7, 11) is 1.65. The van der Waals surface area contributed by atoms with Gasteiger partial charge in [-0.1, -0.05) is 16.8 Å². The summed E-state index contributed by atoms with van der Waals surface area (Å²) in [6, 6.07) is 7.70. The molecular weight excluding hydrogens is 423 g/mol. The molecule has 1 aromatic carbocycles. The average molecular weight is 445 g/mol. The second-order valence-corrected chi connectivity index (χ2v) is 8.02. The van der Waals surface area contributed by atoms with Gasteiger partial charge in [0.15, 0.2) is 5.82 Å². The van der Waals surface area contributed by atoms with Crippen LogP contribution < -0.4 is 0 Å². The summed E-state index contributed by atoms with van der Waals surface area (Å²) in [5.74, 6) is 0.308. The Kier molecular flexibility index (Phi) is 6.29. The first-order valence-corrected chi connectivity index (χ1v) is 10.4. The number of pyridine rings is 1. The Morgan fingerprint density at radius 3 is 2.81 bits per heavy atom. The zero-order valence-corrected chi connectivity index (χ0v) is 17.8. The van der Waals surface area contributed by atoms with E-state index in [1.165, 1.54) is 18.2 Å². The number of hydrogen-bond donors (Lipinski definition) is 0. The van der Waals surface area contributed by atoms with Crippen molar-refractivity contribution in [3.63, 3.8) is 0 Å². The van der Waals surface area contributed by atoms with Crippen LogP contribution >= 0.6 is 11.6 Å². The molecule has 7 nitrogen and oxygen atoms in total. The molecule has 3 aromatic rings. The minimum Gasteiger partial charge on any atom is -0.385 e. The number of nitrogens with zero attached hydrogens (tertiary/aromatic N) is 4. The number of halogens is 2. The van der Waals surface area contributed by atoms with Crippen molar-refractivity contribution in [2.45, 2.75) is 24.7 Å². The number of rotatable bonds is 6. The number of piperidine rings is 1. The predicted octanol–water partition coefficient (Wildman–Crippen LogP) is 4.13. The molecule has 1 saturated heterocycles. The molecule has 1 aliphatic rings. The van der Waals surface area contributed by atoms with Crippen molar-refractivity contribution >= 4 is 17.5 Å². The smallest absolute Gasteiger partial charge is 0.259 e. The Labute approximate surface area is 184 Å². The Hall–Kier alpha value is -2.84. The Bertz CT molecular complexity index is 1050. The molecule has 3 heterocycles. The first-order valence-electron chi connectivity index (χ1n) is 10.0. The van der Waals surface area contributed by atoms with Gasteiger partial charge in [-0.05, 0) is 49.6 Å². The first kappa shape index (κ1) is 21.4. The van der Waals surface area contributed by atoms with Crippen molar-refractivity contribution in [3.05, 3.63) is 65.0 Å². The quantitative estimate of drug-likeness (QED) is 0.568. The van der Waals surface area contributed by atoms with E-state index in [1.807, 2.05) is 12.1 Å². The highest BCUT2D eigenvalue weighted by Crippen LogP contribution is 2.38. The van der Waals surface area contributed by atoms with Gasteiger partial charge in [-0.25, -0.2) is 4.39 Å². The van der Waals surface area contributed by atoms with Gasteiger partial charge in [0, 0.05) is 50.2 Å². The second-order valence-electron chi connectivity index (χ2n) is 7.61. The minimum atomic E-state index is -0.544. The van der Waals surface area contributed by atoms with Gasteiger partial charge in [-0.2, -0.15) is 4.98 Å². The van der Waals surface area contributed by atoms with Gasteiger partial charge in [-0.3, -0.25) is 9.78 Å². The molecule has 1 aliphatic heterocycles. The number of benzene rings is 1. The van der Waals surface area contributed by atoms with Crippen LogP contribution in [0.25, 0.3) is 11.5 Å². The maximum absolute atomic E-state index is 13.4. The number of amides is 1. The summed E-state index contributed by atoms with van der Waals surface area (Å²) < 4.78 is 24.3. The monoisotopic (exact) mass is 444 g/mol. The summed E-state index contributed by atoms with van der Waals surface area (Å²) in [5, 5.41) is 4.20. The van der Waals surface area contributed by atoms with Crippen molar-refractivity contribution in [1.29, 1.82) is 0 Å². The third-order valence-corrected chi connectivity index (χ3v) is 6.06. The van der Waals surface area contributed by atoms with Crippen LogP contribution in [0.15, 0.2) is 47.2 Å². The molecule has 0 N–H and O–H groups in total. The fourth-order valence-electron chi connectivity index (χ4n) is 3.88. The predicted molar refractivity (Wildman–Crippen MR) is 112 cm³/mol. The van der Waals surface area contributed by atoms with Crippen molar-refractivity contribution in [1.82, 2.24) is 20.0 Å². The van der Waals surface area contributed by atoms with E-state index in [4.69, 9.17) is 20.9 Å². The lowest BCUT2D eigenvalue weighted by atomic mass is 9.75. The summed E-state index contributed by atoms with van der Waals surface area (Å²) in [6.45, 7) is 1.56. The number of carbonyl (C=O) groups is 1. The van der Waals surface area contributed by atoms with Gasteiger partial charge >= 0.3 is 0 Å².